The van der Waals surface area contributed by atoms with Crippen molar-refractivity contribution in [3.05, 3.63) is 138 Å². The maximum Gasteiger partial charge on any atom is 0.133 e. The number of aliphatic imine (C=N–C) groups is 2. The van der Waals surface area contributed by atoms with Gasteiger partial charge in [-0.3, -0.25) is 4.99 Å². The SMILES string of the molecule is C=N.C=NCc1c(OC(C(C)C)C(C)C)cccc1/C(N)=N/C(N)=c1\cc2cc(Br)c(Br)cc2cc1=C.COC(C(C)C)C(C)C.Cc1c(CN)cccc1OC(C(C)C)C(C)C.Cc1ccccc1C. The summed E-state index contributed by atoms with van der Waals surface area (Å²) in [6.45, 7) is 43.8. The first-order valence-electron chi connectivity index (χ1n) is 24.7. The lowest BCUT2D eigenvalue weighted by atomic mass is 9.96. The van der Waals surface area contributed by atoms with E-state index in [2.05, 4.69) is 196 Å². The third kappa shape index (κ3) is 20.3. The lowest BCUT2D eigenvalue weighted by Gasteiger charge is -2.27. The molecule has 0 aliphatic rings. The molecule has 0 heterocycles. The number of hydrogen-bond acceptors (Lipinski definition) is 8. The monoisotopic (exact) mass is 1100 g/mol. The van der Waals surface area contributed by atoms with Crippen molar-refractivity contribution in [1.82, 2.24) is 0 Å². The highest BCUT2D eigenvalue weighted by Gasteiger charge is 2.23. The summed E-state index contributed by atoms with van der Waals surface area (Å²) in [5.74, 6) is 5.27. The third-order valence-corrected chi connectivity index (χ3v) is 13.9. The van der Waals surface area contributed by atoms with Crippen molar-refractivity contribution in [2.45, 2.75) is 135 Å². The molecule has 0 amide bonds. The summed E-state index contributed by atoms with van der Waals surface area (Å²) < 4.78 is 19.8. The van der Waals surface area contributed by atoms with Gasteiger partial charge in [0, 0.05) is 38.9 Å². The fourth-order valence-electron chi connectivity index (χ4n) is 8.38. The summed E-state index contributed by atoms with van der Waals surface area (Å²) in [5.41, 5.74) is 25.3. The minimum absolute atomic E-state index is 0.0503. The molecule has 9 nitrogen and oxygen atoms in total. The molecule has 5 rings (SSSR count). The Morgan fingerprint density at radius 3 is 1.46 bits per heavy atom. The van der Waals surface area contributed by atoms with Crippen LogP contribution in [-0.4, -0.2) is 44.7 Å². The lowest BCUT2D eigenvalue weighted by Crippen LogP contribution is -2.30. The first-order chi connectivity index (χ1) is 33.4. The highest BCUT2D eigenvalue weighted by atomic mass is 79.9. The predicted molar refractivity (Wildman–Crippen MR) is 316 cm³/mol. The molecule has 7 N–H and O–H groups in total. The zero-order valence-corrected chi connectivity index (χ0v) is 49.1. The molecular formula is C60H88Br2N6O3. The van der Waals surface area contributed by atoms with Gasteiger partial charge in [0.25, 0.3) is 0 Å². The van der Waals surface area contributed by atoms with E-state index in [0.29, 0.717) is 60.5 Å². The van der Waals surface area contributed by atoms with Crippen LogP contribution >= 0.6 is 31.9 Å². The number of amidine groups is 1. The number of nitrogens with one attached hydrogen (secondary N) is 1. The number of nitrogens with zero attached hydrogens (tertiary/aromatic N) is 2. The Labute approximate surface area is 445 Å². The van der Waals surface area contributed by atoms with Gasteiger partial charge in [0.1, 0.15) is 35.4 Å². The van der Waals surface area contributed by atoms with Gasteiger partial charge in [-0.2, -0.15) is 0 Å². The van der Waals surface area contributed by atoms with Crippen LogP contribution in [0.5, 0.6) is 11.5 Å². The fourth-order valence-corrected chi connectivity index (χ4v) is 9.11. The summed E-state index contributed by atoms with van der Waals surface area (Å²) >= 11 is 7.10. The second-order valence-corrected chi connectivity index (χ2v) is 21.5. The average Bonchev–Trinajstić information content (AvgIpc) is 3.30. The van der Waals surface area contributed by atoms with Crippen LogP contribution in [0.4, 0.5) is 0 Å². The lowest BCUT2D eigenvalue weighted by molar-refractivity contribution is 0.0292. The van der Waals surface area contributed by atoms with E-state index in [9.17, 15) is 0 Å². The molecule has 0 aliphatic heterocycles. The molecule has 0 fully saturated rings. The topological polar surface area (TPSA) is 154 Å². The number of nitrogens with two attached hydrogens (primary N) is 3. The number of rotatable bonds is 16. The van der Waals surface area contributed by atoms with E-state index < -0.39 is 0 Å². The quantitative estimate of drug-likeness (QED) is 0.0570. The molecule has 71 heavy (non-hydrogen) atoms. The van der Waals surface area contributed by atoms with Crippen molar-refractivity contribution in [3.63, 3.8) is 0 Å². The third-order valence-electron chi connectivity index (χ3n) is 12.1. The van der Waals surface area contributed by atoms with Gasteiger partial charge in [-0.25, -0.2) is 4.99 Å². The van der Waals surface area contributed by atoms with Crippen LogP contribution in [0.3, 0.4) is 0 Å². The first kappa shape index (κ1) is 64.2. The van der Waals surface area contributed by atoms with Crippen LogP contribution in [0.15, 0.2) is 104 Å². The van der Waals surface area contributed by atoms with Gasteiger partial charge in [0.05, 0.1) is 12.6 Å². The van der Waals surface area contributed by atoms with Crippen molar-refractivity contribution in [1.29, 1.82) is 5.41 Å². The van der Waals surface area contributed by atoms with Gasteiger partial charge in [-0.1, -0.05) is 138 Å². The molecule has 5 aromatic rings. The molecule has 0 bridgehead atoms. The van der Waals surface area contributed by atoms with Crippen LogP contribution in [0, 0.1) is 61.7 Å². The Hall–Kier alpha value is -4.81. The van der Waals surface area contributed by atoms with E-state index in [1.807, 2.05) is 54.6 Å². The Kier molecular flexibility index (Phi) is 29.2. The van der Waals surface area contributed by atoms with Gasteiger partial charge >= 0.3 is 0 Å². The zero-order valence-electron chi connectivity index (χ0n) is 45.9. The van der Waals surface area contributed by atoms with Gasteiger partial charge in [-0.05, 0) is 176 Å². The molecule has 0 saturated carbocycles. The van der Waals surface area contributed by atoms with E-state index in [1.165, 1.54) is 16.7 Å². The smallest absolute Gasteiger partial charge is 0.133 e. The standard InChI is InChI=1S/C28H32Br2N4O.C15H25NO.C8H18O.C8H10.CH3N/c1-15(2)26(16(3)4)35-25-9-7-8-20(22(25)14-33-6)27(31)34-28(32)21-11-19-13-24(30)23(29)12-18(19)10-17(21)5;1-10(2)15(11(3)4)17-14-8-6-7-13(9-16)12(14)5;1-6(2)8(9-5)7(3)4;1-7-5-3-4-6-8(7)2;1-2/h7-13,15-16,26H,5-6,14,32H2,1-4H3,(H2,31,34);6-8,10-11,15H,9,16H2,1-5H3;6-8H,1-5H3;3-6H,1-2H3;2H,1H2/b28-21+;;;;. The number of hydrogen-bond donors (Lipinski definition) is 4. The normalized spacial score (nSPS) is 11.9. The van der Waals surface area contributed by atoms with Gasteiger partial charge in [0.15, 0.2) is 0 Å². The van der Waals surface area contributed by atoms with Gasteiger partial charge in [-0.15, -0.1) is 0 Å². The largest absolute Gasteiger partial charge is 0.490 e. The first-order valence-corrected chi connectivity index (χ1v) is 26.3. The Bertz CT molecular complexity index is 2510. The van der Waals surface area contributed by atoms with Gasteiger partial charge < -0.3 is 36.8 Å². The van der Waals surface area contributed by atoms with Crippen molar-refractivity contribution < 1.29 is 14.2 Å². The zero-order chi connectivity index (χ0) is 54.3. The minimum atomic E-state index is 0.0503. The van der Waals surface area contributed by atoms with E-state index in [4.69, 9.17) is 36.8 Å². The van der Waals surface area contributed by atoms with E-state index in [-0.39, 0.29) is 18.0 Å². The summed E-state index contributed by atoms with van der Waals surface area (Å²) in [7, 11) is 1.78. The minimum Gasteiger partial charge on any atom is -0.490 e. The van der Waals surface area contributed by atoms with Crippen LogP contribution < -0.4 is 37.1 Å². The van der Waals surface area contributed by atoms with Crippen molar-refractivity contribution in [2.75, 3.05) is 7.11 Å². The van der Waals surface area contributed by atoms with E-state index in [0.717, 1.165) is 58.3 Å². The predicted octanol–water partition coefficient (Wildman–Crippen LogP) is 13.9. The van der Waals surface area contributed by atoms with Gasteiger partial charge in [0.2, 0.25) is 0 Å². The van der Waals surface area contributed by atoms with Crippen molar-refractivity contribution in [3.8, 4) is 11.5 Å². The number of ether oxygens (including phenoxy) is 3. The van der Waals surface area contributed by atoms with Crippen LogP contribution in [0.2, 0.25) is 0 Å². The van der Waals surface area contributed by atoms with E-state index in [1.54, 1.807) is 7.11 Å². The number of benzene rings is 5. The summed E-state index contributed by atoms with van der Waals surface area (Å²) in [6, 6.07) is 28.2. The Morgan fingerprint density at radius 2 is 1.06 bits per heavy atom. The number of methoxy groups -OCH3 is 1. The fraction of sp³-hybridized carbons (Fsp3) is 0.450. The van der Waals surface area contributed by atoms with Crippen molar-refractivity contribution in [2.24, 2.45) is 62.7 Å². The molecule has 0 saturated heterocycles. The molecule has 0 atom stereocenters. The van der Waals surface area contributed by atoms with Crippen LogP contribution in [-0.2, 0) is 17.8 Å². The number of halogens is 2. The molecule has 0 spiro atoms. The molecule has 0 aliphatic carbocycles. The molecule has 5 aromatic carbocycles. The average molecular weight is 1100 g/mol. The molecule has 0 aromatic heterocycles. The molecule has 0 radical (unpaired) electrons. The second kappa shape index (κ2) is 32.3. The number of fused-ring (bicyclic) bond motifs is 1. The molecule has 0 unspecified atom stereocenters. The number of aryl methyl sites for hydroxylation is 2. The Balaban J connectivity index is 0.000000573. The molecular weight excluding hydrogens is 1010 g/mol. The Morgan fingerprint density at radius 1 is 0.620 bits per heavy atom. The second-order valence-electron chi connectivity index (χ2n) is 19.8. The van der Waals surface area contributed by atoms with E-state index >= 15 is 0 Å². The maximum absolute atomic E-state index is 6.49. The molecule has 390 valence electrons. The summed E-state index contributed by atoms with van der Waals surface area (Å²) in [4.78, 5) is 8.68. The molecule has 11 heteroatoms. The highest BCUT2D eigenvalue weighted by Crippen LogP contribution is 2.30. The summed E-state index contributed by atoms with van der Waals surface area (Å²) in [6.07, 6.45) is 0.723. The highest BCUT2D eigenvalue weighted by molar-refractivity contribution is 9.13. The summed E-state index contributed by atoms with van der Waals surface area (Å²) in [5, 5.41) is 9.06. The maximum atomic E-state index is 6.49. The van der Waals surface area contributed by atoms with Crippen LogP contribution in [0.25, 0.3) is 23.2 Å². The van der Waals surface area contributed by atoms with Crippen molar-refractivity contribution >= 4 is 74.3 Å². The van der Waals surface area contributed by atoms with Crippen LogP contribution in [0.1, 0.15) is 116 Å².